The number of likely N-dealkylation sites (N-methyl/N-ethyl adjacent to an activating group) is 1. The molecule has 0 spiro atoms. The standard InChI is InChI=1S/C25H28F3N3O3/c1-15(2)23(4)11-10-18(8-6-16(23)3)24(14-32)21(33)31(22(34)30(24)5)19-9-7-17(13-29)20(12-19)25(26,27)28/h6-10,12,15-16,32H,11,14H2,1-5H3. The lowest BCUT2D eigenvalue weighted by atomic mass is 9.68. The van der Waals surface area contributed by atoms with Gasteiger partial charge in [0.25, 0.3) is 5.91 Å². The van der Waals surface area contributed by atoms with E-state index in [2.05, 4.69) is 27.7 Å². The third-order valence-corrected chi connectivity index (χ3v) is 7.69. The van der Waals surface area contributed by atoms with Gasteiger partial charge in [-0.2, -0.15) is 18.4 Å². The van der Waals surface area contributed by atoms with E-state index < -0.39 is 41.4 Å². The normalized spacial score (nSPS) is 27.8. The number of aliphatic hydroxyl groups is 1. The molecule has 3 atom stereocenters. The van der Waals surface area contributed by atoms with Crippen LogP contribution >= 0.6 is 0 Å². The van der Waals surface area contributed by atoms with Gasteiger partial charge in [0.1, 0.15) is 0 Å². The first kappa shape index (κ1) is 25.5. The fraction of sp³-hybridized carbons (Fsp3) is 0.480. The molecule has 0 aromatic heterocycles. The van der Waals surface area contributed by atoms with Crippen molar-refractivity contribution in [3.05, 3.63) is 53.1 Å². The lowest BCUT2D eigenvalue weighted by Gasteiger charge is -2.37. The molecule has 6 nitrogen and oxygen atoms in total. The summed E-state index contributed by atoms with van der Waals surface area (Å²) in [7, 11) is 1.34. The zero-order chi connectivity index (χ0) is 25.6. The minimum absolute atomic E-state index is 0.131. The molecule has 0 bridgehead atoms. The van der Waals surface area contributed by atoms with Crippen LogP contribution in [0.4, 0.5) is 23.7 Å². The maximum atomic E-state index is 13.7. The number of nitriles is 1. The summed E-state index contributed by atoms with van der Waals surface area (Å²) < 4.78 is 40.5. The van der Waals surface area contributed by atoms with Crippen molar-refractivity contribution >= 4 is 17.6 Å². The van der Waals surface area contributed by atoms with Gasteiger partial charge < -0.3 is 10.0 Å². The number of carbonyl (C=O) groups excluding carboxylic acids is 2. The Morgan fingerprint density at radius 2 is 1.94 bits per heavy atom. The van der Waals surface area contributed by atoms with E-state index in [9.17, 15) is 27.9 Å². The Kier molecular flexibility index (Phi) is 6.44. The Bertz CT molecular complexity index is 1120. The highest BCUT2D eigenvalue weighted by molar-refractivity contribution is 6.24. The summed E-state index contributed by atoms with van der Waals surface area (Å²) in [6, 6.07) is 3.29. The van der Waals surface area contributed by atoms with E-state index in [0.717, 1.165) is 17.0 Å². The maximum absolute atomic E-state index is 13.7. The number of halogens is 3. The first-order valence-corrected chi connectivity index (χ1v) is 11.0. The minimum Gasteiger partial charge on any atom is -0.393 e. The highest BCUT2D eigenvalue weighted by Gasteiger charge is 2.58. The van der Waals surface area contributed by atoms with Gasteiger partial charge in [0.15, 0.2) is 5.54 Å². The number of urea groups is 1. The number of benzene rings is 1. The van der Waals surface area contributed by atoms with Gasteiger partial charge in [-0.3, -0.25) is 4.79 Å². The topological polar surface area (TPSA) is 84.6 Å². The quantitative estimate of drug-likeness (QED) is 0.629. The molecule has 1 fully saturated rings. The molecule has 1 aliphatic carbocycles. The molecule has 9 heteroatoms. The highest BCUT2D eigenvalue weighted by atomic mass is 19.4. The second kappa shape index (κ2) is 8.58. The summed E-state index contributed by atoms with van der Waals surface area (Å²) >= 11 is 0. The fourth-order valence-electron chi connectivity index (χ4n) is 4.66. The molecule has 0 saturated carbocycles. The van der Waals surface area contributed by atoms with E-state index >= 15 is 0 Å². The van der Waals surface area contributed by atoms with Crippen LogP contribution in [-0.2, 0) is 11.0 Å². The number of allylic oxidation sites excluding steroid dienone is 2. The molecular formula is C25H28F3N3O3. The molecule has 3 unspecified atom stereocenters. The highest BCUT2D eigenvalue weighted by Crippen LogP contribution is 2.45. The van der Waals surface area contributed by atoms with Gasteiger partial charge in [0.05, 0.1) is 29.5 Å². The molecule has 1 saturated heterocycles. The van der Waals surface area contributed by atoms with Crippen molar-refractivity contribution < 1.29 is 27.9 Å². The number of alkyl halides is 3. The van der Waals surface area contributed by atoms with E-state index in [0.29, 0.717) is 28.9 Å². The number of anilines is 1. The molecule has 182 valence electrons. The van der Waals surface area contributed by atoms with Crippen molar-refractivity contribution in [1.29, 1.82) is 5.26 Å². The van der Waals surface area contributed by atoms with Crippen LogP contribution in [0.3, 0.4) is 0 Å². The zero-order valence-electron chi connectivity index (χ0n) is 19.8. The van der Waals surface area contributed by atoms with Crippen LogP contribution in [0.5, 0.6) is 0 Å². The number of rotatable bonds is 4. The van der Waals surface area contributed by atoms with Crippen LogP contribution < -0.4 is 4.90 Å². The number of nitrogens with zero attached hydrogens (tertiary/aromatic N) is 3. The van der Waals surface area contributed by atoms with Crippen molar-refractivity contribution in [3.8, 4) is 6.07 Å². The largest absolute Gasteiger partial charge is 0.417 e. The van der Waals surface area contributed by atoms with Crippen LogP contribution in [0, 0.1) is 28.6 Å². The predicted octanol–water partition coefficient (Wildman–Crippen LogP) is 4.89. The van der Waals surface area contributed by atoms with Crippen LogP contribution in [0.1, 0.15) is 45.2 Å². The van der Waals surface area contributed by atoms with Crippen LogP contribution in [-0.4, -0.2) is 41.1 Å². The second-order valence-corrected chi connectivity index (χ2v) is 9.51. The predicted molar refractivity (Wildman–Crippen MR) is 121 cm³/mol. The van der Waals surface area contributed by atoms with E-state index in [-0.39, 0.29) is 17.0 Å². The number of aliphatic hydroxyl groups excluding tert-OH is 1. The Hall–Kier alpha value is -3.12. The first-order chi connectivity index (χ1) is 15.8. The molecule has 1 aromatic rings. The van der Waals surface area contributed by atoms with E-state index in [1.54, 1.807) is 6.08 Å². The Balaban J connectivity index is 2.13. The Labute approximate surface area is 197 Å². The van der Waals surface area contributed by atoms with Crippen molar-refractivity contribution in [3.63, 3.8) is 0 Å². The van der Waals surface area contributed by atoms with Gasteiger partial charge in [0, 0.05) is 7.05 Å². The SMILES string of the molecule is CC(C)C1(C)CC=C(C2(CO)C(=O)N(c3ccc(C#N)c(C(F)(F)F)c3)C(=O)N2C)C=CC1C. The summed E-state index contributed by atoms with van der Waals surface area (Å²) in [5.41, 5.74) is -3.67. The molecule has 1 heterocycles. The van der Waals surface area contributed by atoms with E-state index in [1.807, 2.05) is 12.2 Å². The van der Waals surface area contributed by atoms with Gasteiger partial charge in [-0.25, -0.2) is 9.69 Å². The zero-order valence-corrected chi connectivity index (χ0v) is 19.8. The van der Waals surface area contributed by atoms with Gasteiger partial charge >= 0.3 is 12.2 Å². The molecule has 2 aliphatic rings. The van der Waals surface area contributed by atoms with Gasteiger partial charge in [-0.05, 0) is 47.4 Å². The molecule has 34 heavy (non-hydrogen) atoms. The van der Waals surface area contributed by atoms with Crippen molar-refractivity contribution in [1.82, 2.24) is 4.90 Å². The number of imide groups is 1. The first-order valence-electron chi connectivity index (χ1n) is 11.0. The second-order valence-electron chi connectivity index (χ2n) is 9.51. The van der Waals surface area contributed by atoms with Crippen LogP contribution in [0.2, 0.25) is 0 Å². The minimum atomic E-state index is -4.85. The van der Waals surface area contributed by atoms with E-state index in [1.165, 1.54) is 13.1 Å². The molecule has 0 radical (unpaired) electrons. The summed E-state index contributed by atoms with van der Waals surface area (Å²) in [4.78, 5) is 28.5. The van der Waals surface area contributed by atoms with Crippen LogP contribution in [0.25, 0.3) is 0 Å². The average Bonchev–Trinajstić information content (AvgIpc) is 2.87. The van der Waals surface area contributed by atoms with Crippen molar-refractivity contribution in [2.45, 2.75) is 45.8 Å². The van der Waals surface area contributed by atoms with Crippen LogP contribution in [0.15, 0.2) is 42.0 Å². The van der Waals surface area contributed by atoms with Crippen molar-refractivity contribution in [2.24, 2.45) is 17.3 Å². The molecule has 1 aliphatic heterocycles. The summed E-state index contributed by atoms with van der Waals surface area (Å²) in [5.74, 6) is -0.405. The van der Waals surface area contributed by atoms with Crippen molar-refractivity contribution in [2.75, 3.05) is 18.6 Å². The third kappa shape index (κ3) is 3.70. The van der Waals surface area contributed by atoms with E-state index in [4.69, 9.17) is 5.26 Å². The average molecular weight is 476 g/mol. The number of hydrogen-bond donors (Lipinski definition) is 1. The monoisotopic (exact) mass is 475 g/mol. The maximum Gasteiger partial charge on any atom is 0.417 e. The third-order valence-electron chi connectivity index (χ3n) is 7.69. The number of carbonyl (C=O) groups is 2. The van der Waals surface area contributed by atoms with Gasteiger partial charge in [-0.1, -0.05) is 45.9 Å². The fourth-order valence-corrected chi connectivity index (χ4v) is 4.66. The Morgan fingerprint density at radius 3 is 2.47 bits per heavy atom. The van der Waals surface area contributed by atoms with Gasteiger partial charge in [0.2, 0.25) is 0 Å². The molecular weight excluding hydrogens is 447 g/mol. The molecule has 3 rings (SSSR count). The smallest absolute Gasteiger partial charge is 0.393 e. The summed E-state index contributed by atoms with van der Waals surface area (Å²) in [5, 5.41) is 19.5. The number of amides is 3. The molecule has 3 amide bonds. The Morgan fingerprint density at radius 1 is 1.29 bits per heavy atom. The van der Waals surface area contributed by atoms with Gasteiger partial charge in [-0.15, -0.1) is 0 Å². The summed E-state index contributed by atoms with van der Waals surface area (Å²) in [6.45, 7) is 7.66. The summed E-state index contributed by atoms with van der Waals surface area (Å²) in [6.07, 6.45) is 1.23. The molecule has 1 aromatic carbocycles. The lowest BCUT2D eigenvalue weighted by molar-refractivity contribution is -0.137. The lowest BCUT2D eigenvalue weighted by Crippen LogP contribution is -2.52. The molecule has 1 N–H and O–H groups in total. The number of hydrogen-bond acceptors (Lipinski definition) is 4.